The first-order valence-electron chi connectivity index (χ1n) is 8.61. The van der Waals surface area contributed by atoms with Gasteiger partial charge in [0, 0.05) is 25.2 Å². The summed E-state index contributed by atoms with van der Waals surface area (Å²) in [6, 6.07) is 6.49. The van der Waals surface area contributed by atoms with Crippen LogP contribution in [-0.4, -0.2) is 36.1 Å². The summed E-state index contributed by atoms with van der Waals surface area (Å²) < 4.78 is 0.875. The van der Waals surface area contributed by atoms with E-state index in [0.717, 1.165) is 30.4 Å². The van der Waals surface area contributed by atoms with Gasteiger partial charge in [-0.2, -0.15) is 0 Å². The number of primary amides is 1. The summed E-state index contributed by atoms with van der Waals surface area (Å²) in [5.41, 5.74) is 6.86. The summed E-state index contributed by atoms with van der Waals surface area (Å²) >= 11 is 12.3. The fourth-order valence-electron chi connectivity index (χ4n) is 4.78. The van der Waals surface area contributed by atoms with Gasteiger partial charge in [-0.1, -0.05) is 35.7 Å². The van der Waals surface area contributed by atoms with Gasteiger partial charge < -0.3 is 10.2 Å². The summed E-state index contributed by atoms with van der Waals surface area (Å²) in [5.74, 6) is 0.265. The maximum atomic E-state index is 11.7. The lowest BCUT2D eigenvalue weighted by molar-refractivity contribution is -0.935. The molecular formula is C18H25Cl2N2O+. The molecule has 2 N–H and O–H groups in total. The Bertz CT molecular complexity index is 584. The summed E-state index contributed by atoms with van der Waals surface area (Å²) in [7, 11) is 0. The molecular weight excluding hydrogens is 331 g/mol. The van der Waals surface area contributed by atoms with Crippen molar-refractivity contribution < 1.29 is 9.28 Å². The number of carbonyl (C=O) groups excluding carboxylic acids is 1. The lowest BCUT2D eigenvalue weighted by Crippen LogP contribution is -2.59. The fraction of sp³-hybridized carbons (Fsp3) is 0.611. The Morgan fingerprint density at radius 3 is 2.43 bits per heavy atom. The topological polar surface area (TPSA) is 43.1 Å². The second-order valence-electron chi connectivity index (χ2n) is 7.13. The molecule has 2 fully saturated rings. The van der Waals surface area contributed by atoms with Crippen molar-refractivity contribution in [1.29, 1.82) is 0 Å². The van der Waals surface area contributed by atoms with E-state index in [2.05, 4.69) is 6.07 Å². The van der Waals surface area contributed by atoms with E-state index in [-0.39, 0.29) is 5.91 Å². The SMILES string of the molecule is NC(=O)C[N+]1([C@H]2CCCC[C@H]2c2ccc(Cl)c(Cl)c2)CCCC1. The highest BCUT2D eigenvalue weighted by atomic mass is 35.5. The van der Waals surface area contributed by atoms with E-state index in [1.165, 1.54) is 31.2 Å². The van der Waals surface area contributed by atoms with Crippen molar-refractivity contribution in [3.8, 4) is 0 Å². The van der Waals surface area contributed by atoms with Gasteiger partial charge in [0.2, 0.25) is 0 Å². The predicted molar refractivity (Wildman–Crippen MR) is 94.7 cm³/mol. The third-order valence-corrected chi connectivity index (χ3v) is 6.47. The molecule has 1 aliphatic heterocycles. The number of rotatable bonds is 4. The number of hydrogen-bond donors (Lipinski definition) is 1. The smallest absolute Gasteiger partial charge is 0.272 e. The van der Waals surface area contributed by atoms with Crippen LogP contribution in [0.3, 0.4) is 0 Å². The maximum Gasteiger partial charge on any atom is 0.272 e. The number of likely N-dealkylation sites (tertiary alicyclic amines) is 1. The molecule has 1 aromatic carbocycles. The molecule has 0 aromatic heterocycles. The second kappa shape index (κ2) is 7.00. The van der Waals surface area contributed by atoms with Gasteiger partial charge in [0.15, 0.2) is 6.54 Å². The number of hydrogen-bond acceptors (Lipinski definition) is 1. The van der Waals surface area contributed by atoms with Crippen molar-refractivity contribution in [2.75, 3.05) is 19.6 Å². The average Bonchev–Trinajstić information content (AvgIpc) is 2.99. The molecule has 0 unspecified atom stereocenters. The monoisotopic (exact) mass is 355 g/mol. The van der Waals surface area contributed by atoms with Gasteiger partial charge in [-0.15, -0.1) is 0 Å². The van der Waals surface area contributed by atoms with Crippen molar-refractivity contribution in [1.82, 2.24) is 0 Å². The Kier molecular flexibility index (Phi) is 5.19. The van der Waals surface area contributed by atoms with E-state index >= 15 is 0 Å². The molecule has 0 radical (unpaired) electrons. The number of halogens is 2. The van der Waals surface area contributed by atoms with Crippen molar-refractivity contribution in [2.24, 2.45) is 5.73 Å². The average molecular weight is 356 g/mol. The van der Waals surface area contributed by atoms with Crippen molar-refractivity contribution >= 4 is 29.1 Å². The number of quaternary nitrogens is 1. The largest absolute Gasteiger partial charge is 0.365 e. The third-order valence-electron chi connectivity index (χ3n) is 5.73. The van der Waals surface area contributed by atoms with Crippen molar-refractivity contribution in [3.05, 3.63) is 33.8 Å². The zero-order chi connectivity index (χ0) is 16.4. The molecule has 3 nitrogen and oxygen atoms in total. The third kappa shape index (κ3) is 3.52. The molecule has 126 valence electrons. The van der Waals surface area contributed by atoms with Gasteiger partial charge in [0.1, 0.15) is 0 Å². The highest BCUT2D eigenvalue weighted by Gasteiger charge is 2.46. The molecule has 1 amide bonds. The zero-order valence-electron chi connectivity index (χ0n) is 13.4. The first kappa shape index (κ1) is 17.1. The molecule has 5 heteroatoms. The molecule has 1 aromatic rings. The van der Waals surface area contributed by atoms with Crippen LogP contribution in [0.2, 0.25) is 10.0 Å². The Morgan fingerprint density at radius 2 is 1.78 bits per heavy atom. The lowest BCUT2D eigenvalue weighted by Gasteiger charge is -2.46. The Labute approximate surface area is 148 Å². The maximum absolute atomic E-state index is 11.7. The number of benzene rings is 1. The van der Waals surface area contributed by atoms with Gasteiger partial charge in [0.25, 0.3) is 5.91 Å². The molecule has 3 rings (SSSR count). The predicted octanol–water partition coefficient (Wildman–Crippen LogP) is 4.12. The quantitative estimate of drug-likeness (QED) is 0.811. The van der Waals surface area contributed by atoms with Crippen LogP contribution in [0.25, 0.3) is 0 Å². The van der Waals surface area contributed by atoms with Crippen LogP contribution >= 0.6 is 23.2 Å². The number of carbonyl (C=O) groups is 1. The van der Waals surface area contributed by atoms with E-state index in [0.29, 0.717) is 28.5 Å². The molecule has 0 spiro atoms. The van der Waals surface area contributed by atoms with E-state index in [1.54, 1.807) is 0 Å². The Balaban J connectivity index is 1.93. The zero-order valence-corrected chi connectivity index (χ0v) is 15.0. The Hall–Kier alpha value is -0.770. The first-order valence-corrected chi connectivity index (χ1v) is 9.36. The van der Waals surface area contributed by atoms with Crippen LogP contribution in [0.4, 0.5) is 0 Å². The normalized spacial score (nSPS) is 27.0. The second-order valence-corrected chi connectivity index (χ2v) is 7.94. The van der Waals surface area contributed by atoms with Crippen LogP contribution in [0.1, 0.15) is 50.0 Å². The number of nitrogens with two attached hydrogens (primary N) is 1. The molecule has 2 atom stereocenters. The van der Waals surface area contributed by atoms with Crippen LogP contribution in [0.5, 0.6) is 0 Å². The lowest BCUT2D eigenvalue weighted by atomic mass is 9.78. The van der Waals surface area contributed by atoms with Crippen LogP contribution < -0.4 is 5.73 Å². The first-order chi connectivity index (χ1) is 11.0. The summed E-state index contributed by atoms with van der Waals surface area (Å²) in [4.78, 5) is 11.7. The molecule has 1 saturated heterocycles. The summed E-state index contributed by atoms with van der Waals surface area (Å²) in [6.45, 7) is 2.62. The minimum absolute atomic E-state index is 0.176. The molecule has 23 heavy (non-hydrogen) atoms. The summed E-state index contributed by atoms with van der Waals surface area (Å²) in [5, 5.41) is 1.22. The molecule has 1 aliphatic carbocycles. The Morgan fingerprint density at radius 1 is 1.09 bits per heavy atom. The minimum Gasteiger partial charge on any atom is -0.365 e. The van der Waals surface area contributed by atoms with E-state index in [4.69, 9.17) is 28.9 Å². The minimum atomic E-state index is -0.176. The van der Waals surface area contributed by atoms with E-state index in [9.17, 15) is 4.79 Å². The van der Waals surface area contributed by atoms with Gasteiger partial charge in [-0.3, -0.25) is 4.79 Å². The van der Waals surface area contributed by atoms with Crippen LogP contribution in [0.15, 0.2) is 18.2 Å². The summed E-state index contributed by atoms with van der Waals surface area (Å²) in [6.07, 6.45) is 7.18. The van der Waals surface area contributed by atoms with Crippen LogP contribution in [-0.2, 0) is 4.79 Å². The highest BCUT2D eigenvalue weighted by molar-refractivity contribution is 6.42. The standard InChI is InChI=1S/C18H24Cl2N2O/c19-15-8-7-13(11-16(15)20)14-5-1-2-6-17(14)22(12-18(21)23)9-3-4-10-22/h7-8,11,14,17H,1-6,9-10,12H2,(H-,21,23)/p+1/t14-,17-/m0/s1. The van der Waals surface area contributed by atoms with Crippen molar-refractivity contribution in [3.63, 3.8) is 0 Å². The highest BCUT2D eigenvalue weighted by Crippen LogP contribution is 2.42. The van der Waals surface area contributed by atoms with E-state index in [1.807, 2.05) is 12.1 Å². The molecule has 1 heterocycles. The van der Waals surface area contributed by atoms with Gasteiger partial charge in [-0.25, -0.2) is 0 Å². The molecule has 1 saturated carbocycles. The van der Waals surface area contributed by atoms with E-state index < -0.39 is 0 Å². The number of nitrogens with zero attached hydrogens (tertiary/aromatic N) is 1. The molecule has 2 aliphatic rings. The van der Waals surface area contributed by atoms with Crippen molar-refractivity contribution in [2.45, 2.75) is 50.5 Å². The number of amides is 1. The van der Waals surface area contributed by atoms with Gasteiger partial charge in [-0.05, 0) is 30.5 Å². The fourth-order valence-corrected chi connectivity index (χ4v) is 5.09. The van der Waals surface area contributed by atoms with Gasteiger partial charge >= 0.3 is 0 Å². The van der Waals surface area contributed by atoms with Gasteiger partial charge in [0.05, 0.1) is 29.2 Å². The molecule has 0 bridgehead atoms. The van der Waals surface area contributed by atoms with Crippen LogP contribution in [0, 0.1) is 0 Å².